The SMILES string of the molecule is CCCn1c(Sc2snc(Cl)c2C#N)nc2cc(Cl)ccc2c1=O. The van der Waals surface area contributed by atoms with Crippen LogP contribution in [-0.4, -0.2) is 13.9 Å². The standard InChI is InChI=1S/C15H10Cl2N4OS2/c1-2-5-21-13(22)9-4-3-8(16)6-11(9)19-15(21)23-14-10(7-18)12(17)20-24-14/h3-4,6H,2,5H2,1H3. The lowest BCUT2D eigenvalue weighted by atomic mass is 10.2. The number of rotatable bonds is 4. The summed E-state index contributed by atoms with van der Waals surface area (Å²) in [6.07, 6.45) is 0.781. The largest absolute Gasteiger partial charge is 0.287 e. The fourth-order valence-electron chi connectivity index (χ4n) is 2.17. The highest BCUT2D eigenvalue weighted by molar-refractivity contribution is 8.01. The maximum Gasteiger partial charge on any atom is 0.262 e. The lowest BCUT2D eigenvalue weighted by Crippen LogP contribution is -2.23. The number of halogens is 2. The topological polar surface area (TPSA) is 71.6 Å². The summed E-state index contributed by atoms with van der Waals surface area (Å²) in [5, 5.41) is 10.9. The van der Waals surface area contributed by atoms with E-state index in [1.165, 1.54) is 11.8 Å². The van der Waals surface area contributed by atoms with Crippen molar-refractivity contribution in [2.75, 3.05) is 0 Å². The molecule has 0 saturated carbocycles. The minimum absolute atomic E-state index is 0.130. The van der Waals surface area contributed by atoms with Gasteiger partial charge in [-0.05, 0) is 47.9 Å². The summed E-state index contributed by atoms with van der Waals surface area (Å²) in [5.74, 6) is 0. The molecule has 0 saturated heterocycles. The van der Waals surface area contributed by atoms with Crippen molar-refractivity contribution in [3.05, 3.63) is 44.3 Å². The minimum atomic E-state index is -0.130. The molecule has 0 N–H and O–H groups in total. The quantitative estimate of drug-likeness (QED) is 0.602. The van der Waals surface area contributed by atoms with Crippen molar-refractivity contribution in [3.8, 4) is 6.07 Å². The van der Waals surface area contributed by atoms with E-state index in [0.717, 1.165) is 18.0 Å². The van der Waals surface area contributed by atoms with E-state index in [4.69, 9.17) is 23.2 Å². The van der Waals surface area contributed by atoms with E-state index < -0.39 is 0 Å². The minimum Gasteiger partial charge on any atom is -0.287 e. The Morgan fingerprint density at radius 2 is 2.21 bits per heavy atom. The van der Waals surface area contributed by atoms with Gasteiger partial charge in [-0.15, -0.1) is 0 Å². The molecule has 0 fully saturated rings. The Kier molecular flexibility index (Phi) is 5.11. The lowest BCUT2D eigenvalue weighted by Gasteiger charge is -2.11. The van der Waals surface area contributed by atoms with Crippen molar-refractivity contribution in [3.63, 3.8) is 0 Å². The van der Waals surface area contributed by atoms with Crippen LogP contribution in [0.5, 0.6) is 0 Å². The van der Waals surface area contributed by atoms with Crippen molar-refractivity contribution < 1.29 is 0 Å². The van der Waals surface area contributed by atoms with E-state index in [1.54, 1.807) is 22.8 Å². The smallest absolute Gasteiger partial charge is 0.262 e. The Balaban J connectivity index is 2.20. The fourth-order valence-corrected chi connectivity index (χ4v) is 4.50. The van der Waals surface area contributed by atoms with Gasteiger partial charge in [-0.3, -0.25) is 9.36 Å². The molecule has 9 heteroatoms. The van der Waals surface area contributed by atoms with Crippen molar-refractivity contribution in [1.82, 2.24) is 13.9 Å². The molecule has 0 aliphatic heterocycles. The van der Waals surface area contributed by atoms with Crippen LogP contribution >= 0.6 is 46.5 Å². The molecule has 1 aromatic carbocycles. The molecule has 0 atom stereocenters. The van der Waals surface area contributed by atoms with Crippen LogP contribution in [0.25, 0.3) is 10.9 Å². The van der Waals surface area contributed by atoms with Crippen molar-refractivity contribution in [1.29, 1.82) is 5.26 Å². The maximum absolute atomic E-state index is 12.8. The Labute approximate surface area is 156 Å². The molecule has 0 spiro atoms. The van der Waals surface area contributed by atoms with Gasteiger partial charge in [0.1, 0.15) is 15.8 Å². The van der Waals surface area contributed by atoms with E-state index in [-0.39, 0.29) is 10.7 Å². The van der Waals surface area contributed by atoms with Crippen LogP contribution in [0.1, 0.15) is 18.9 Å². The zero-order valence-electron chi connectivity index (χ0n) is 12.4. The Hall–Kier alpha value is -1.59. The number of nitrogens with zero attached hydrogens (tertiary/aromatic N) is 4. The second-order valence-corrected chi connectivity index (χ2v) is 7.67. The molecule has 0 aliphatic carbocycles. The molecular weight excluding hydrogens is 387 g/mol. The van der Waals surface area contributed by atoms with Crippen molar-refractivity contribution in [2.45, 2.75) is 29.3 Å². The second-order valence-electron chi connectivity index (χ2n) is 4.86. The van der Waals surface area contributed by atoms with Gasteiger partial charge in [0.05, 0.1) is 10.9 Å². The summed E-state index contributed by atoms with van der Waals surface area (Å²) in [4.78, 5) is 17.3. The van der Waals surface area contributed by atoms with Crippen LogP contribution in [0.2, 0.25) is 10.2 Å². The Morgan fingerprint density at radius 3 is 2.92 bits per heavy atom. The molecule has 24 heavy (non-hydrogen) atoms. The van der Waals surface area contributed by atoms with E-state index in [9.17, 15) is 10.1 Å². The number of aromatic nitrogens is 3. The van der Waals surface area contributed by atoms with Crippen molar-refractivity contribution >= 4 is 57.4 Å². The normalized spacial score (nSPS) is 10.9. The summed E-state index contributed by atoms with van der Waals surface area (Å²) >= 11 is 14.3. The number of hydrogen-bond donors (Lipinski definition) is 0. The summed E-state index contributed by atoms with van der Waals surface area (Å²) in [6, 6.07) is 7.04. The maximum atomic E-state index is 12.8. The molecule has 0 unspecified atom stereocenters. The van der Waals surface area contributed by atoms with Gasteiger partial charge < -0.3 is 0 Å². The summed E-state index contributed by atoms with van der Waals surface area (Å²) < 4.78 is 6.20. The van der Waals surface area contributed by atoms with Crippen LogP contribution in [0.3, 0.4) is 0 Å². The van der Waals surface area contributed by atoms with Gasteiger partial charge in [0.25, 0.3) is 5.56 Å². The monoisotopic (exact) mass is 396 g/mol. The van der Waals surface area contributed by atoms with Gasteiger partial charge in [0, 0.05) is 11.6 Å². The third kappa shape index (κ3) is 3.15. The number of benzene rings is 1. The highest BCUT2D eigenvalue weighted by atomic mass is 35.5. The summed E-state index contributed by atoms with van der Waals surface area (Å²) in [6.45, 7) is 2.51. The molecule has 5 nitrogen and oxygen atoms in total. The Bertz CT molecular complexity index is 1020. The van der Waals surface area contributed by atoms with Crippen molar-refractivity contribution in [2.24, 2.45) is 0 Å². The number of hydrogen-bond acceptors (Lipinski definition) is 6. The van der Waals surface area contributed by atoms with Gasteiger partial charge in [-0.1, -0.05) is 30.1 Å². The van der Waals surface area contributed by atoms with E-state index in [0.29, 0.717) is 37.4 Å². The number of fused-ring (bicyclic) bond motifs is 1. The van der Waals surface area contributed by atoms with Crippen LogP contribution in [-0.2, 0) is 6.54 Å². The van der Waals surface area contributed by atoms with Gasteiger partial charge in [-0.25, -0.2) is 4.98 Å². The first-order valence-electron chi connectivity index (χ1n) is 6.98. The van der Waals surface area contributed by atoms with Gasteiger partial charge >= 0.3 is 0 Å². The van der Waals surface area contributed by atoms with Crippen LogP contribution < -0.4 is 5.56 Å². The second kappa shape index (κ2) is 7.11. The fraction of sp³-hybridized carbons (Fsp3) is 0.200. The van der Waals surface area contributed by atoms with Gasteiger partial charge in [-0.2, -0.15) is 9.64 Å². The highest BCUT2D eigenvalue weighted by Crippen LogP contribution is 2.36. The third-order valence-corrected chi connectivity index (χ3v) is 5.85. The zero-order chi connectivity index (χ0) is 17.3. The average molecular weight is 397 g/mol. The first-order chi connectivity index (χ1) is 11.5. The van der Waals surface area contributed by atoms with Gasteiger partial charge in [0.2, 0.25) is 0 Å². The molecule has 0 bridgehead atoms. The molecular formula is C15H10Cl2N4OS2. The average Bonchev–Trinajstić information content (AvgIpc) is 2.90. The molecule has 0 amide bonds. The summed E-state index contributed by atoms with van der Waals surface area (Å²) in [7, 11) is 0. The molecule has 3 rings (SSSR count). The third-order valence-electron chi connectivity index (χ3n) is 3.24. The van der Waals surface area contributed by atoms with Crippen LogP contribution in [0, 0.1) is 11.3 Å². The first-order valence-corrected chi connectivity index (χ1v) is 9.33. The molecule has 0 aliphatic rings. The Morgan fingerprint density at radius 1 is 1.42 bits per heavy atom. The highest BCUT2D eigenvalue weighted by Gasteiger charge is 2.18. The lowest BCUT2D eigenvalue weighted by molar-refractivity contribution is 0.585. The molecule has 0 radical (unpaired) electrons. The van der Waals surface area contributed by atoms with E-state index >= 15 is 0 Å². The van der Waals surface area contributed by atoms with Gasteiger partial charge in [0.15, 0.2) is 10.3 Å². The first kappa shape index (κ1) is 17.2. The predicted octanol–water partition coefficient (Wildman–Crippen LogP) is 4.59. The molecule has 3 aromatic rings. The summed E-state index contributed by atoms with van der Waals surface area (Å²) in [5.41, 5.74) is 0.696. The predicted molar refractivity (Wildman–Crippen MR) is 97.3 cm³/mol. The van der Waals surface area contributed by atoms with Crippen LogP contribution in [0.4, 0.5) is 0 Å². The molecule has 2 heterocycles. The molecule has 122 valence electrons. The van der Waals surface area contributed by atoms with E-state index in [1.807, 2.05) is 13.0 Å². The van der Waals surface area contributed by atoms with E-state index in [2.05, 4.69) is 9.36 Å². The van der Waals surface area contributed by atoms with Crippen LogP contribution in [0.15, 0.2) is 32.4 Å². The number of nitriles is 1. The molecule has 2 aromatic heterocycles. The zero-order valence-corrected chi connectivity index (χ0v) is 15.6.